The lowest BCUT2D eigenvalue weighted by Crippen LogP contribution is -2.53. The van der Waals surface area contributed by atoms with Crippen LogP contribution < -0.4 is 16.0 Å². The minimum absolute atomic E-state index is 0.0331. The van der Waals surface area contributed by atoms with Crippen molar-refractivity contribution in [2.24, 2.45) is 5.92 Å². The second-order valence-electron chi connectivity index (χ2n) is 9.39. The molecule has 3 amide bonds. The third-order valence-electron chi connectivity index (χ3n) is 5.83. The van der Waals surface area contributed by atoms with Crippen LogP contribution >= 0.6 is 0 Å². The number of carbonyl (C=O) groups is 3. The van der Waals surface area contributed by atoms with E-state index in [1.807, 2.05) is 20.8 Å². The van der Waals surface area contributed by atoms with Crippen molar-refractivity contribution in [3.8, 4) is 0 Å². The number of rotatable bonds is 5. The number of amides is 3. The zero-order valence-electron chi connectivity index (χ0n) is 18.3. The Morgan fingerprint density at radius 3 is 2.41 bits per heavy atom. The third-order valence-corrected chi connectivity index (χ3v) is 5.83. The zero-order valence-corrected chi connectivity index (χ0v) is 18.3. The molecule has 2 aliphatic rings. The van der Waals surface area contributed by atoms with E-state index in [2.05, 4.69) is 16.0 Å². The normalized spacial score (nSPS) is 21.9. The summed E-state index contributed by atoms with van der Waals surface area (Å²) in [6.45, 7) is 5.53. The van der Waals surface area contributed by atoms with Gasteiger partial charge in [-0.15, -0.1) is 0 Å². The lowest BCUT2D eigenvalue weighted by atomic mass is 9.81. The van der Waals surface area contributed by atoms with Crippen molar-refractivity contribution in [1.82, 2.24) is 10.6 Å². The Labute approximate surface area is 184 Å². The molecule has 1 heterocycles. The summed E-state index contributed by atoms with van der Waals surface area (Å²) >= 11 is 0. The van der Waals surface area contributed by atoms with Crippen LogP contribution in [-0.2, 0) is 19.7 Å². The SMILES string of the molecule is CC(C)(C)c1ccc(NC(=O)C(NC(=O)C2CNC(=O)O2)C2CCC(F)(F)CC2)cc1F. The first kappa shape index (κ1) is 23.9. The monoisotopic (exact) mass is 455 g/mol. The Morgan fingerprint density at radius 2 is 1.88 bits per heavy atom. The maximum absolute atomic E-state index is 14.5. The van der Waals surface area contributed by atoms with Crippen LogP contribution in [-0.4, -0.2) is 42.5 Å². The average Bonchev–Trinajstić information content (AvgIpc) is 3.12. The number of alkyl carbamates (subject to hydrolysis) is 1. The molecule has 176 valence electrons. The van der Waals surface area contributed by atoms with E-state index in [1.165, 1.54) is 6.07 Å². The predicted molar refractivity (Wildman–Crippen MR) is 111 cm³/mol. The van der Waals surface area contributed by atoms with Gasteiger partial charge in [0.05, 0.1) is 6.54 Å². The van der Waals surface area contributed by atoms with Crippen LogP contribution in [0, 0.1) is 11.7 Å². The van der Waals surface area contributed by atoms with E-state index in [0.29, 0.717) is 5.56 Å². The Hall–Kier alpha value is -2.78. The predicted octanol–water partition coefficient (Wildman–Crippen LogP) is 3.48. The van der Waals surface area contributed by atoms with Gasteiger partial charge in [0.2, 0.25) is 11.8 Å². The van der Waals surface area contributed by atoms with Crippen molar-refractivity contribution in [1.29, 1.82) is 0 Å². The van der Waals surface area contributed by atoms with Crippen LogP contribution in [0.3, 0.4) is 0 Å². The lowest BCUT2D eigenvalue weighted by Gasteiger charge is -2.33. The van der Waals surface area contributed by atoms with Gasteiger partial charge in [-0.3, -0.25) is 9.59 Å². The number of cyclic esters (lactones) is 1. The summed E-state index contributed by atoms with van der Waals surface area (Å²) in [6.07, 6.45) is -2.60. The molecule has 1 saturated heterocycles. The van der Waals surface area contributed by atoms with Gasteiger partial charge in [-0.1, -0.05) is 26.8 Å². The number of ether oxygens (including phenoxy) is 1. The zero-order chi connectivity index (χ0) is 23.7. The summed E-state index contributed by atoms with van der Waals surface area (Å²) in [6, 6.07) is 3.18. The fourth-order valence-corrected chi connectivity index (χ4v) is 4.00. The Morgan fingerprint density at radius 1 is 1.22 bits per heavy atom. The number of carbonyl (C=O) groups excluding carboxylic acids is 3. The molecule has 0 aromatic heterocycles. The maximum Gasteiger partial charge on any atom is 0.408 e. The molecule has 1 aliphatic heterocycles. The van der Waals surface area contributed by atoms with Gasteiger partial charge in [-0.25, -0.2) is 18.0 Å². The molecule has 7 nitrogen and oxygen atoms in total. The van der Waals surface area contributed by atoms with Gasteiger partial charge in [0.25, 0.3) is 5.91 Å². The smallest absolute Gasteiger partial charge is 0.408 e. The van der Waals surface area contributed by atoms with Crippen LogP contribution in [0.5, 0.6) is 0 Å². The standard InChI is InChI=1S/C22H28F3N3O4/c1-21(2,3)14-5-4-13(10-15(14)23)27-19(30)17(12-6-8-22(24,25)9-7-12)28-18(29)16-11-26-20(31)32-16/h4-5,10,12,16-17H,6-9,11H2,1-3H3,(H,26,31)(H,27,30)(H,28,29). The number of benzene rings is 1. The molecule has 0 radical (unpaired) electrons. The molecule has 2 atom stereocenters. The molecule has 0 bridgehead atoms. The number of nitrogens with one attached hydrogen (secondary N) is 3. The quantitative estimate of drug-likeness (QED) is 0.633. The van der Waals surface area contributed by atoms with E-state index >= 15 is 0 Å². The molecule has 1 aromatic rings. The van der Waals surface area contributed by atoms with Crippen LogP contribution in [0.15, 0.2) is 18.2 Å². The van der Waals surface area contributed by atoms with Crippen molar-refractivity contribution < 1.29 is 32.3 Å². The summed E-state index contributed by atoms with van der Waals surface area (Å²) in [4.78, 5) is 36.8. The highest BCUT2D eigenvalue weighted by atomic mass is 19.3. The second-order valence-corrected chi connectivity index (χ2v) is 9.39. The molecular weight excluding hydrogens is 427 g/mol. The van der Waals surface area contributed by atoms with E-state index in [9.17, 15) is 27.6 Å². The summed E-state index contributed by atoms with van der Waals surface area (Å²) in [5.41, 5.74) is 0.240. The molecular formula is C22H28F3N3O4. The number of anilines is 1. The van der Waals surface area contributed by atoms with Gasteiger partial charge in [0.15, 0.2) is 6.10 Å². The van der Waals surface area contributed by atoms with Crippen molar-refractivity contribution in [2.45, 2.75) is 69.9 Å². The number of hydrogen-bond donors (Lipinski definition) is 3. The lowest BCUT2D eigenvalue weighted by molar-refractivity contribution is -0.133. The van der Waals surface area contributed by atoms with Gasteiger partial charge in [-0.2, -0.15) is 0 Å². The fourth-order valence-electron chi connectivity index (χ4n) is 4.00. The van der Waals surface area contributed by atoms with Gasteiger partial charge in [0.1, 0.15) is 11.9 Å². The minimum atomic E-state index is -2.81. The van der Waals surface area contributed by atoms with E-state index in [-0.39, 0.29) is 25.1 Å². The maximum atomic E-state index is 14.5. The molecule has 1 aliphatic carbocycles. The highest BCUT2D eigenvalue weighted by Gasteiger charge is 2.41. The summed E-state index contributed by atoms with van der Waals surface area (Å²) in [5.74, 6) is -5.18. The highest BCUT2D eigenvalue weighted by molar-refractivity contribution is 5.98. The minimum Gasteiger partial charge on any atom is -0.434 e. The molecule has 2 fully saturated rings. The van der Waals surface area contributed by atoms with Crippen molar-refractivity contribution in [3.05, 3.63) is 29.6 Å². The van der Waals surface area contributed by atoms with Crippen molar-refractivity contribution in [3.63, 3.8) is 0 Å². The van der Waals surface area contributed by atoms with E-state index in [1.54, 1.807) is 12.1 Å². The molecule has 2 unspecified atom stereocenters. The summed E-state index contributed by atoms with van der Waals surface area (Å²) < 4.78 is 46.6. The molecule has 3 rings (SSSR count). The van der Waals surface area contributed by atoms with E-state index in [4.69, 9.17) is 4.74 Å². The molecule has 10 heteroatoms. The van der Waals surface area contributed by atoms with E-state index < -0.39 is 66.0 Å². The number of halogens is 3. The van der Waals surface area contributed by atoms with Crippen molar-refractivity contribution >= 4 is 23.6 Å². The first-order chi connectivity index (χ1) is 14.9. The Bertz CT molecular complexity index is 891. The van der Waals surface area contributed by atoms with Crippen LogP contribution in [0.25, 0.3) is 0 Å². The topological polar surface area (TPSA) is 96.5 Å². The molecule has 32 heavy (non-hydrogen) atoms. The molecule has 1 aromatic carbocycles. The summed E-state index contributed by atoms with van der Waals surface area (Å²) in [7, 11) is 0. The highest BCUT2D eigenvalue weighted by Crippen LogP contribution is 2.38. The van der Waals surface area contributed by atoms with Gasteiger partial charge in [0, 0.05) is 18.5 Å². The van der Waals surface area contributed by atoms with E-state index in [0.717, 1.165) is 0 Å². The summed E-state index contributed by atoms with van der Waals surface area (Å²) in [5, 5.41) is 7.46. The first-order valence-electron chi connectivity index (χ1n) is 10.6. The first-order valence-corrected chi connectivity index (χ1v) is 10.6. The van der Waals surface area contributed by atoms with Crippen LogP contribution in [0.1, 0.15) is 52.0 Å². The Kier molecular flexibility index (Phi) is 6.71. The van der Waals surface area contributed by atoms with Crippen LogP contribution in [0.2, 0.25) is 0 Å². The van der Waals surface area contributed by atoms with Gasteiger partial charge < -0.3 is 20.7 Å². The molecule has 0 spiro atoms. The van der Waals surface area contributed by atoms with Gasteiger partial charge in [-0.05, 0) is 41.9 Å². The molecule has 3 N–H and O–H groups in total. The largest absolute Gasteiger partial charge is 0.434 e. The third kappa shape index (κ3) is 5.72. The van der Waals surface area contributed by atoms with Gasteiger partial charge >= 0.3 is 6.09 Å². The molecule has 1 saturated carbocycles. The van der Waals surface area contributed by atoms with Crippen LogP contribution in [0.4, 0.5) is 23.7 Å². The fraction of sp³-hybridized carbons (Fsp3) is 0.591. The average molecular weight is 455 g/mol. The second kappa shape index (κ2) is 8.99. The van der Waals surface area contributed by atoms with Crippen molar-refractivity contribution in [2.75, 3.05) is 11.9 Å². The number of hydrogen-bond acceptors (Lipinski definition) is 4. The Balaban J connectivity index is 1.76. The number of alkyl halides is 2.